The number of rotatable bonds is 6. The minimum absolute atomic E-state index is 0.340. The highest BCUT2D eigenvalue weighted by Crippen LogP contribution is 2.30. The first-order valence-electron chi connectivity index (χ1n) is 8.58. The fourth-order valence-corrected chi connectivity index (χ4v) is 2.83. The summed E-state index contributed by atoms with van der Waals surface area (Å²) in [5.74, 6) is -0.388. The Morgan fingerprint density at radius 1 is 1.14 bits per heavy atom. The second-order valence-electron chi connectivity index (χ2n) is 6.35. The molecule has 0 spiro atoms. The molecule has 2 aromatic carbocycles. The van der Waals surface area contributed by atoms with Gasteiger partial charge in [0.05, 0.1) is 11.6 Å². The van der Waals surface area contributed by atoms with E-state index >= 15 is 0 Å². The van der Waals surface area contributed by atoms with E-state index in [0.717, 1.165) is 17.7 Å². The number of hydrogen-bond donors (Lipinski definition) is 1. The summed E-state index contributed by atoms with van der Waals surface area (Å²) in [6, 6.07) is 12.9. The van der Waals surface area contributed by atoms with Crippen molar-refractivity contribution in [2.24, 2.45) is 0 Å². The fourth-order valence-electron chi connectivity index (χ4n) is 2.83. The van der Waals surface area contributed by atoms with Crippen LogP contribution in [0.4, 0.5) is 13.2 Å². The topological polar surface area (TPSA) is 72.7 Å². The second-order valence-corrected chi connectivity index (χ2v) is 6.35. The Kier molecular flexibility index (Phi) is 5.72. The summed E-state index contributed by atoms with van der Waals surface area (Å²) in [5.41, 5.74) is 0.510. The quantitative estimate of drug-likeness (QED) is 0.702. The Hall–Kier alpha value is -3.23. The van der Waals surface area contributed by atoms with Crippen LogP contribution in [-0.2, 0) is 17.4 Å². The average Bonchev–Trinajstić information content (AvgIpc) is 3.20. The Morgan fingerprint density at radius 2 is 1.89 bits per heavy atom. The monoisotopic (exact) mass is 389 g/mol. The fraction of sp³-hybridized carbons (Fsp3) is 0.263. The van der Waals surface area contributed by atoms with Crippen LogP contribution in [0, 0.1) is 0 Å². The molecule has 0 radical (unpaired) electrons. The molecule has 1 heterocycles. The number of benzene rings is 2. The Bertz CT molecular complexity index is 913. The zero-order valence-electron chi connectivity index (χ0n) is 15.0. The first-order valence-corrected chi connectivity index (χ1v) is 8.58. The molecule has 0 aliphatic rings. The highest BCUT2D eigenvalue weighted by molar-refractivity contribution is 5.81. The molecule has 146 valence electrons. The van der Waals surface area contributed by atoms with E-state index in [1.54, 1.807) is 13.0 Å². The first-order chi connectivity index (χ1) is 13.3. The third-order valence-electron chi connectivity index (χ3n) is 4.33. The van der Waals surface area contributed by atoms with Crippen LogP contribution in [0.3, 0.4) is 0 Å². The largest absolute Gasteiger partial charge is 0.416 e. The van der Waals surface area contributed by atoms with Crippen molar-refractivity contribution in [1.82, 2.24) is 25.5 Å². The summed E-state index contributed by atoms with van der Waals surface area (Å²) < 4.78 is 40.1. The van der Waals surface area contributed by atoms with E-state index in [0.29, 0.717) is 12.0 Å². The molecule has 0 fully saturated rings. The third kappa shape index (κ3) is 4.73. The van der Waals surface area contributed by atoms with E-state index in [1.807, 2.05) is 30.3 Å². The van der Waals surface area contributed by atoms with Crippen molar-refractivity contribution in [3.05, 3.63) is 77.6 Å². The molecule has 0 saturated heterocycles. The standard InChI is InChI=1S/C19H18F3N5O/c1-13(15-8-5-9-16(11-15)19(20,21)22)24-18(28)17(27-12-23-25-26-27)10-14-6-3-2-4-7-14/h2-9,11-13,17H,10H2,1H3,(H,24,28)/t13-,17-/m0/s1. The zero-order chi connectivity index (χ0) is 20.1. The van der Waals surface area contributed by atoms with E-state index in [4.69, 9.17) is 0 Å². The van der Waals surface area contributed by atoms with Crippen LogP contribution in [0.25, 0.3) is 0 Å². The molecule has 1 aromatic heterocycles. The van der Waals surface area contributed by atoms with Gasteiger partial charge in [-0.1, -0.05) is 42.5 Å². The molecule has 9 heteroatoms. The Labute approximate surface area is 159 Å². The summed E-state index contributed by atoms with van der Waals surface area (Å²) in [4.78, 5) is 12.9. The summed E-state index contributed by atoms with van der Waals surface area (Å²) in [6.07, 6.45) is -2.77. The Balaban J connectivity index is 1.78. The van der Waals surface area contributed by atoms with Gasteiger partial charge in [-0.05, 0) is 40.6 Å². The van der Waals surface area contributed by atoms with Crippen molar-refractivity contribution < 1.29 is 18.0 Å². The first kappa shape index (κ1) is 19.5. The van der Waals surface area contributed by atoms with Crippen molar-refractivity contribution in [1.29, 1.82) is 0 Å². The van der Waals surface area contributed by atoms with Crippen LogP contribution in [0.1, 0.15) is 35.7 Å². The van der Waals surface area contributed by atoms with Crippen LogP contribution in [0.15, 0.2) is 60.9 Å². The Morgan fingerprint density at radius 3 is 2.54 bits per heavy atom. The number of aromatic nitrogens is 4. The molecule has 1 amide bonds. The van der Waals surface area contributed by atoms with Crippen molar-refractivity contribution in [2.45, 2.75) is 31.6 Å². The van der Waals surface area contributed by atoms with Gasteiger partial charge in [-0.2, -0.15) is 13.2 Å². The van der Waals surface area contributed by atoms with E-state index < -0.39 is 23.8 Å². The van der Waals surface area contributed by atoms with E-state index in [2.05, 4.69) is 20.8 Å². The number of carbonyl (C=O) groups is 1. The lowest BCUT2D eigenvalue weighted by molar-refractivity contribution is -0.137. The average molecular weight is 389 g/mol. The molecule has 28 heavy (non-hydrogen) atoms. The van der Waals surface area contributed by atoms with Gasteiger partial charge < -0.3 is 5.32 Å². The van der Waals surface area contributed by atoms with Gasteiger partial charge >= 0.3 is 6.18 Å². The number of nitrogens with zero attached hydrogens (tertiary/aromatic N) is 4. The normalized spacial score (nSPS) is 13.7. The van der Waals surface area contributed by atoms with Crippen molar-refractivity contribution in [3.8, 4) is 0 Å². The highest BCUT2D eigenvalue weighted by atomic mass is 19.4. The molecule has 6 nitrogen and oxygen atoms in total. The van der Waals surface area contributed by atoms with E-state index in [1.165, 1.54) is 17.1 Å². The lowest BCUT2D eigenvalue weighted by atomic mass is 10.0. The van der Waals surface area contributed by atoms with Crippen molar-refractivity contribution in [2.75, 3.05) is 0 Å². The maximum Gasteiger partial charge on any atom is 0.416 e. The molecule has 0 bridgehead atoms. The highest BCUT2D eigenvalue weighted by Gasteiger charge is 2.31. The molecule has 0 aliphatic carbocycles. The lowest BCUT2D eigenvalue weighted by Crippen LogP contribution is -2.36. The smallest absolute Gasteiger partial charge is 0.348 e. The van der Waals surface area contributed by atoms with Crippen molar-refractivity contribution in [3.63, 3.8) is 0 Å². The molecule has 0 aliphatic heterocycles. The van der Waals surface area contributed by atoms with Crippen LogP contribution < -0.4 is 5.32 Å². The minimum Gasteiger partial charge on any atom is -0.348 e. The zero-order valence-corrected chi connectivity index (χ0v) is 15.0. The van der Waals surface area contributed by atoms with E-state index in [9.17, 15) is 18.0 Å². The van der Waals surface area contributed by atoms with Gasteiger partial charge in [0, 0.05) is 6.42 Å². The predicted octanol–water partition coefficient (Wildman–Crippen LogP) is 3.35. The van der Waals surface area contributed by atoms with Crippen LogP contribution in [-0.4, -0.2) is 26.1 Å². The van der Waals surface area contributed by atoms with Crippen molar-refractivity contribution >= 4 is 5.91 Å². The van der Waals surface area contributed by atoms with Crippen LogP contribution in [0.2, 0.25) is 0 Å². The number of carbonyl (C=O) groups excluding carboxylic acids is 1. The van der Waals surface area contributed by atoms with Gasteiger partial charge in [-0.15, -0.1) is 5.10 Å². The number of hydrogen-bond acceptors (Lipinski definition) is 4. The molecule has 2 atom stereocenters. The molecule has 0 unspecified atom stereocenters. The molecular weight excluding hydrogens is 371 g/mol. The molecular formula is C19H18F3N5O. The second kappa shape index (κ2) is 8.20. The molecule has 3 rings (SSSR count). The van der Waals surface area contributed by atoms with Gasteiger partial charge in [-0.25, -0.2) is 4.68 Å². The number of alkyl halides is 3. The van der Waals surface area contributed by atoms with E-state index in [-0.39, 0.29) is 5.91 Å². The minimum atomic E-state index is -4.44. The number of nitrogens with one attached hydrogen (secondary N) is 1. The maximum absolute atomic E-state index is 12.9. The molecule has 0 saturated carbocycles. The maximum atomic E-state index is 12.9. The van der Waals surface area contributed by atoms with Crippen LogP contribution >= 0.6 is 0 Å². The number of tetrazole rings is 1. The summed E-state index contributed by atoms with van der Waals surface area (Å²) in [7, 11) is 0. The molecule has 3 aromatic rings. The summed E-state index contributed by atoms with van der Waals surface area (Å²) in [5, 5.41) is 13.7. The van der Waals surface area contributed by atoms with Gasteiger partial charge in [0.25, 0.3) is 0 Å². The van der Waals surface area contributed by atoms with Gasteiger partial charge in [0.1, 0.15) is 12.4 Å². The van der Waals surface area contributed by atoms with Gasteiger partial charge in [0.2, 0.25) is 5.91 Å². The summed E-state index contributed by atoms with van der Waals surface area (Å²) in [6.45, 7) is 1.63. The summed E-state index contributed by atoms with van der Waals surface area (Å²) >= 11 is 0. The number of halogens is 3. The molecule has 1 N–H and O–H groups in total. The predicted molar refractivity (Wildman–Crippen MR) is 95.0 cm³/mol. The number of amides is 1. The van der Waals surface area contributed by atoms with Gasteiger partial charge in [-0.3, -0.25) is 4.79 Å². The lowest BCUT2D eigenvalue weighted by Gasteiger charge is -2.21. The third-order valence-corrected chi connectivity index (χ3v) is 4.33. The van der Waals surface area contributed by atoms with Gasteiger partial charge in [0.15, 0.2) is 0 Å². The van der Waals surface area contributed by atoms with Crippen LogP contribution in [0.5, 0.6) is 0 Å². The SMILES string of the molecule is C[C@H](NC(=O)[C@H](Cc1ccccc1)n1cnnn1)c1cccc(C(F)(F)F)c1.